The van der Waals surface area contributed by atoms with Crippen LogP contribution in [-0.2, 0) is 10.2 Å². The van der Waals surface area contributed by atoms with Gasteiger partial charge in [0.15, 0.2) is 0 Å². The van der Waals surface area contributed by atoms with Gasteiger partial charge in [-0.05, 0) is 32.7 Å². The first-order valence-electron chi connectivity index (χ1n) is 8.75. The third-order valence-corrected chi connectivity index (χ3v) is 7.48. The van der Waals surface area contributed by atoms with Gasteiger partial charge < -0.3 is 4.90 Å². The van der Waals surface area contributed by atoms with Crippen LogP contribution < -0.4 is 0 Å². The maximum absolute atomic E-state index is 12.7. The molecule has 3 fully saturated rings. The molecule has 3 aliphatic rings. The van der Waals surface area contributed by atoms with Crippen LogP contribution in [-0.4, -0.2) is 92.3 Å². The smallest absolute Gasteiger partial charge is 0.281 e. The number of nitrogens with zero attached hydrogens (tertiary/aromatic N) is 4. The lowest BCUT2D eigenvalue weighted by molar-refractivity contribution is 0.0823. The minimum absolute atomic E-state index is 0.571. The summed E-state index contributed by atoms with van der Waals surface area (Å²) in [5.74, 6) is 0. The van der Waals surface area contributed by atoms with E-state index < -0.39 is 10.2 Å². The molecule has 0 aliphatic carbocycles. The van der Waals surface area contributed by atoms with Gasteiger partial charge in [-0.3, -0.25) is 4.90 Å². The van der Waals surface area contributed by atoms with Crippen molar-refractivity contribution in [1.29, 1.82) is 0 Å². The van der Waals surface area contributed by atoms with Gasteiger partial charge >= 0.3 is 0 Å². The number of hydrogen-bond donors (Lipinski definition) is 0. The van der Waals surface area contributed by atoms with Gasteiger partial charge in [0, 0.05) is 58.4 Å². The molecule has 22 heavy (non-hydrogen) atoms. The Morgan fingerprint density at radius 1 is 0.727 bits per heavy atom. The molecule has 3 rings (SSSR count). The lowest BCUT2D eigenvalue weighted by Crippen LogP contribution is -2.54. The number of hydrogen-bond acceptors (Lipinski definition) is 4. The average molecular weight is 330 g/mol. The summed E-state index contributed by atoms with van der Waals surface area (Å²) in [6.07, 6.45) is 5.15. The standard InChI is InChI=1S/C15H30N4O2S/c1-16-11-13-17(14-12-16)15-5-9-19(10-6-15)22(20,21)18-7-3-2-4-8-18/h15H,2-14H2,1H3. The quantitative estimate of drug-likeness (QED) is 0.753. The average Bonchev–Trinajstić information content (AvgIpc) is 2.56. The molecule has 0 bridgehead atoms. The first-order valence-corrected chi connectivity index (χ1v) is 10.1. The maximum Gasteiger partial charge on any atom is 0.281 e. The van der Waals surface area contributed by atoms with E-state index in [1.807, 2.05) is 0 Å². The molecule has 0 saturated carbocycles. The minimum atomic E-state index is -3.21. The van der Waals surface area contributed by atoms with E-state index in [9.17, 15) is 8.42 Å². The second-order valence-corrected chi connectivity index (χ2v) is 8.87. The highest BCUT2D eigenvalue weighted by Gasteiger charge is 2.35. The van der Waals surface area contributed by atoms with Gasteiger partial charge in [0.2, 0.25) is 0 Å². The first-order chi connectivity index (χ1) is 10.6. The predicted octanol–water partition coefficient (Wildman–Crippen LogP) is 0.429. The molecule has 0 atom stereocenters. The SMILES string of the molecule is CN1CCN(C2CCN(S(=O)(=O)N3CCCCC3)CC2)CC1. The van der Waals surface area contributed by atoms with E-state index in [-0.39, 0.29) is 0 Å². The summed E-state index contributed by atoms with van der Waals surface area (Å²) in [6, 6.07) is 0.571. The van der Waals surface area contributed by atoms with Crippen molar-refractivity contribution in [2.45, 2.75) is 38.1 Å². The van der Waals surface area contributed by atoms with Crippen LogP contribution in [0.4, 0.5) is 0 Å². The highest BCUT2D eigenvalue weighted by molar-refractivity contribution is 7.86. The molecule has 0 aromatic rings. The number of rotatable bonds is 3. The normalized spacial score (nSPS) is 29.0. The zero-order valence-electron chi connectivity index (χ0n) is 13.8. The van der Waals surface area contributed by atoms with Crippen molar-refractivity contribution in [2.24, 2.45) is 0 Å². The molecule has 3 saturated heterocycles. The molecule has 6 nitrogen and oxygen atoms in total. The van der Waals surface area contributed by atoms with Crippen molar-refractivity contribution in [3.63, 3.8) is 0 Å². The zero-order chi connectivity index (χ0) is 15.6. The van der Waals surface area contributed by atoms with E-state index in [0.29, 0.717) is 32.2 Å². The Hall–Kier alpha value is -0.210. The molecule has 0 aromatic heterocycles. The van der Waals surface area contributed by atoms with Crippen LogP contribution in [0.5, 0.6) is 0 Å². The van der Waals surface area contributed by atoms with Crippen LogP contribution in [0.15, 0.2) is 0 Å². The number of piperazine rings is 1. The lowest BCUT2D eigenvalue weighted by Gasteiger charge is -2.42. The van der Waals surface area contributed by atoms with Gasteiger partial charge in [0.25, 0.3) is 10.2 Å². The van der Waals surface area contributed by atoms with Crippen LogP contribution in [0, 0.1) is 0 Å². The van der Waals surface area contributed by atoms with Crippen molar-refractivity contribution in [3.05, 3.63) is 0 Å². The molecule has 0 radical (unpaired) electrons. The number of piperidine rings is 2. The van der Waals surface area contributed by atoms with E-state index in [1.54, 1.807) is 8.61 Å². The van der Waals surface area contributed by atoms with Crippen molar-refractivity contribution >= 4 is 10.2 Å². The fraction of sp³-hybridized carbons (Fsp3) is 1.00. The molecule has 0 unspecified atom stereocenters. The summed E-state index contributed by atoms with van der Waals surface area (Å²) in [6.45, 7) is 7.31. The summed E-state index contributed by atoms with van der Waals surface area (Å²) < 4.78 is 28.8. The topological polar surface area (TPSA) is 47.1 Å². The summed E-state index contributed by atoms with van der Waals surface area (Å²) in [5, 5.41) is 0. The minimum Gasteiger partial charge on any atom is -0.304 e. The summed E-state index contributed by atoms with van der Waals surface area (Å²) in [4.78, 5) is 4.93. The molecule has 7 heteroatoms. The number of likely N-dealkylation sites (N-methyl/N-ethyl adjacent to an activating group) is 1. The third-order valence-electron chi connectivity index (χ3n) is 5.45. The van der Waals surface area contributed by atoms with Crippen molar-refractivity contribution in [1.82, 2.24) is 18.4 Å². The Morgan fingerprint density at radius 3 is 1.86 bits per heavy atom. The fourth-order valence-corrected chi connectivity index (χ4v) is 5.60. The van der Waals surface area contributed by atoms with Crippen molar-refractivity contribution < 1.29 is 8.42 Å². The molecule has 3 heterocycles. The molecule has 3 aliphatic heterocycles. The van der Waals surface area contributed by atoms with Gasteiger partial charge in [-0.25, -0.2) is 0 Å². The third kappa shape index (κ3) is 3.64. The van der Waals surface area contributed by atoms with E-state index in [0.717, 1.165) is 58.3 Å². The van der Waals surface area contributed by atoms with Gasteiger partial charge in [0.1, 0.15) is 0 Å². The molecule has 128 valence electrons. The van der Waals surface area contributed by atoms with Crippen LogP contribution in [0.2, 0.25) is 0 Å². The Morgan fingerprint density at radius 2 is 1.27 bits per heavy atom. The van der Waals surface area contributed by atoms with Gasteiger partial charge in [-0.15, -0.1) is 0 Å². The molecular weight excluding hydrogens is 300 g/mol. The van der Waals surface area contributed by atoms with Crippen molar-refractivity contribution in [2.75, 3.05) is 59.4 Å². The first kappa shape index (κ1) is 16.6. The molecular formula is C15H30N4O2S. The Bertz CT molecular complexity index is 448. The van der Waals surface area contributed by atoms with E-state index in [4.69, 9.17) is 0 Å². The fourth-order valence-electron chi connectivity index (χ4n) is 3.88. The largest absolute Gasteiger partial charge is 0.304 e. The van der Waals surface area contributed by atoms with Crippen molar-refractivity contribution in [3.8, 4) is 0 Å². The molecule has 0 amide bonds. The summed E-state index contributed by atoms with van der Waals surface area (Å²) in [7, 11) is -1.04. The van der Waals surface area contributed by atoms with Gasteiger partial charge in [0.05, 0.1) is 0 Å². The zero-order valence-corrected chi connectivity index (χ0v) is 14.6. The van der Waals surface area contributed by atoms with E-state index in [1.165, 1.54) is 0 Å². The lowest BCUT2D eigenvalue weighted by atomic mass is 10.0. The monoisotopic (exact) mass is 330 g/mol. The molecule has 0 aromatic carbocycles. The highest BCUT2D eigenvalue weighted by Crippen LogP contribution is 2.23. The van der Waals surface area contributed by atoms with Gasteiger partial charge in [-0.2, -0.15) is 17.0 Å². The Labute approximate surface area is 135 Å². The highest BCUT2D eigenvalue weighted by atomic mass is 32.2. The Kier molecular flexibility index (Phi) is 5.39. The van der Waals surface area contributed by atoms with E-state index >= 15 is 0 Å². The summed E-state index contributed by atoms with van der Waals surface area (Å²) in [5.41, 5.74) is 0. The maximum atomic E-state index is 12.7. The van der Waals surface area contributed by atoms with E-state index in [2.05, 4.69) is 16.8 Å². The van der Waals surface area contributed by atoms with Gasteiger partial charge in [-0.1, -0.05) is 6.42 Å². The second-order valence-electron chi connectivity index (χ2n) is 6.94. The van der Waals surface area contributed by atoms with Crippen LogP contribution in [0.3, 0.4) is 0 Å². The predicted molar refractivity (Wildman–Crippen MR) is 88.0 cm³/mol. The van der Waals surface area contributed by atoms with Crippen LogP contribution in [0.1, 0.15) is 32.1 Å². The van der Waals surface area contributed by atoms with Crippen LogP contribution >= 0.6 is 0 Å². The second kappa shape index (κ2) is 7.13. The van der Waals surface area contributed by atoms with Crippen LogP contribution in [0.25, 0.3) is 0 Å². The molecule has 0 spiro atoms. The Balaban J connectivity index is 1.52. The summed E-state index contributed by atoms with van der Waals surface area (Å²) >= 11 is 0. The molecule has 0 N–H and O–H groups in total.